The SMILES string of the molecule is Cc1ccnc(NC(=O)CC2CSc3nc4c(c(=O)n32)CCCC4)c1. The highest BCUT2D eigenvalue weighted by Gasteiger charge is 2.30. The lowest BCUT2D eigenvalue weighted by Crippen LogP contribution is -2.32. The number of hydrogen-bond donors (Lipinski definition) is 1. The van der Waals surface area contributed by atoms with E-state index in [1.807, 2.05) is 19.1 Å². The van der Waals surface area contributed by atoms with Crippen molar-refractivity contribution < 1.29 is 4.79 Å². The van der Waals surface area contributed by atoms with E-state index in [4.69, 9.17) is 0 Å². The van der Waals surface area contributed by atoms with E-state index in [9.17, 15) is 9.59 Å². The molecular formula is C18H20N4O2S. The Kier molecular flexibility index (Phi) is 4.33. The summed E-state index contributed by atoms with van der Waals surface area (Å²) in [7, 11) is 0. The average molecular weight is 356 g/mol. The molecule has 1 atom stereocenters. The number of carbonyl (C=O) groups is 1. The van der Waals surface area contributed by atoms with Gasteiger partial charge in [0.25, 0.3) is 5.56 Å². The third-order valence-corrected chi connectivity index (χ3v) is 5.82. The predicted octanol–water partition coefficient (Wildman–Crippen LogP) is 2.50. The van der Waals surface area contributed by atoms with Crippen LogP contribution in [0, 0.1) is 6.92 Å². The van der Waals surface area contributed by atoms with Crippen LogP contribution in [0.25, 0.3) is 0 Å². The van der Waals surface area contributed by atoms with Gasteiger partial charge in [-0.2, -0.15) is 0 Å². The minimum atomic E-state index is -0.142. The van der Waals surface area contributed by atoms with Gasteiger partial charge < -0.3 is 5.32 Å². The molecule has 2 aromatic rings. The van der Waals surface area contributed by atoms with Gasteiger partial charge >= 0.3 is 0 Å². The van der Waals surface area contributed by atoms with E-state index in [1.165, 1.54) is 0 Å². The van der Waals surface area contributed by atoms with E-state index in [0.717, 1.165) is 47.7 Å². The average Bonchev–Trinajstić information content (AvgIpc) is 2.98. The number of thioether (sulfide) groups is 1. The van der Waals surface area contributed by atoms with Gasteiger partial charge in [0.15, 0.2) is 5.16 Å². The number of hydrogen-bond acceptors (Lipinski definition) is 5. The van der Waals surface area contributed by atoms with Crippen molar-refractivity contribution in [3.05, 3.63) is 45.5 Å². The first kappa shape index (κ1) is 16.3. The van der Waals surface area contributed by atoms with E-state index in [2.05, 4.69) is 15.3 Å². The Hall–Kier alpha value is -2.15. The first-order valence-electron chi connectivity index (χ1n) is 8.61. The maximum absolute atomic E-state index is 12.9. The number of carbonyl (C=O) groups excluding carboxylic acids is 1. The predicted molar refractivity (Wildman–Crippen MR) is 97.1 cm³/mol. The number of nitrogens with zero attached hydrogens (tertiary/aromatic N) is 3. The molecule has 0 saturated carbocycles. The van der Waals surface area contributed by atoms with Crippen LogP contribution in [-0.4, -0.2) is 26.2 Å². The summed E-state index contributed by atoms with van der Waals surface area (Å²) in [6, 6.07) is 3.57. The fraction of sp³-hybridized carbons (Fsp3) is 0.444. The van der Waals surface area contributed by atoms with Crippen LogP contribution >= 0.6 is 11.8 Å². The van der Waals surface area contributed by atoms with Crippen LogP contribution in [0.1, 0.15) is 42.1 Å². The fourth-order valence-corrected chi connectivity index (χ4v) is 4.63. The van der Waals surface area contributed by atoms with Crippen LogP contribution in [0.2, 0.25) is 0 Å². The highest BCUT2D eigenvalue weighted by molar-refractivity contribution is 7.99. The number of rotatable bonds is 3. The maximum Gasteiger partial charge on any atom is 0.257 e. The second kappa shape index (κ2) is 6.63. The summed E-state index contributed by atoms with van der Waals surface area (Å²) in [5.41, 5.74) is 2.91. The van der Waals surface area contributed by atoms with Gasteiger partial charge in [0.05, 0.1) is 11.7 Å². The van der Waals surface area contributed by atoms with Crippen molar-refractivity contribution in [2.45, 2.75) is 50.2 Å². The third-order valence-electron chi connectivity index (χ3n) is 4.73. The molecule has 0 saturated heterocycles. The van der Waals surface area contributed by atoms with Crippen molar-refractivity contribution in [3.63, 3.8) is 0 Å². The molecular weight excluding hydrogens is 336 g/mol. The van der Waals surface area contributed by atoms with Crippen molar-refractivity contribution in [2.75, 3.05) is 11.1 Å². The van der Waals surface area contributed by atoms with Crippen LogP contribution in [0.15, 0.2) is 28.3 Å². The van der Waals surface area contributed by atoms with Crippen molar-refractivity contribution >= 4 is 23.5 Å². The van der Waals surface area contributed by atoms with Gasteiger partial charge in [0.1, 0.15) is 5.82 Å². The van der Waals surface area contributed by atoms with Gasteiger partial charge in [-0.1, -0.05) is 11.8 Å². The fourth-order valence-electron chi connectivity index (χ4n) is 3.48. The van der Waals surface area contributed by atoms with Crippen LogP contribution < -0.4 is 10.9 Å². The quantitative estimate of drug-likeness (QED) is 0.855. The maximum atomic E-state index is 12.9. The Bertz CT molecular complexity index is 893. The monoisotopic (exact) mass is 356 g/mol. The molecule has 7 heteroatoms. The smallest absolute Gasteiger partial charge is 0.257 e. The summed E-state index contributed by atoms with van der Waals surface area (Å²) in [6.07, 6.45) is 5.77. The molecule has 0 fully saturated rings. The Morgan fingerprint density at radius 2 is 2.24 bits per heavy atom. The van der Waals surface area contributed by atoms with Crippen molar-refractivity contribution in [3.8, 4) is 0 Å². The van der Waals surface area contributed by atoms with Gasteiger partial charge in [0.2, 0.25) is 5.91 Å². The molecule has 0 spiro atoms. The lowest BCUT2D eigenvalue weighted by Gasteiger charge is -2.18. The highest BCUT2D eigenvalue weighted by atomic mass is 32.2. The zero-order chi connectivity index (χ0) is 17.4. The molecule has 0 aromatic carbocycles. The van der Waals surface area contributed by atoms with Gasteiger partial charge in [-0.3, -0.25) is 14.2 Å². The first-order valence-corrected chi connectivity index (χ1v) is 9.60. The molecule has 2 aromatic heterocycles. The van der Waals surface area contributed by atoms with Gasteiger partial charge in [-0.25, -0.2) is 9.97 Å². The number of nitrogens with one attached hydrogen (secondary N) is 1. The molecule has 1 unspecified atom stereocenters. The normalized spacial score (nSPS) is 18.5. The lowest BCUT2D eigenvalue weighted by molar-refractivity contribution is -0.116. The standard InChI is InChI=1S/C18H20N4O2S/c1-11-6-7-19-15(8-11)21-16(23)9-12-10-25-18-20-14-5-3-2-4-13(14)17(24)22(12)18/h6-8,12H,2-5,9-10H2,1H3,(H,19,21,23). The van der Waals surface area contributed by atoms with E-state index in [1.54, 1.807) is 22.5 Å². The summed E-state index contributed by atoms with van der Waals surface area (Å²) in [5, 5.41) is 3.59. The molecule has 4 rings (SSSR count). The molecule has 1 amide bonds. The van der Waals surface area contributed by atoms with Crippen LogP contribution in [-0.2, 0) is 17.6 Å². The van der Waals surface area contributed by atoms with Crippen molar-refractivity contribution in [1.29, 1.82) is 0 Å². The largest absolute Gasteiger partial charge is 0.311 e. The van der Waals surface area contributed by atoms with Crippen LogP contribution in [0.4, 0.5) is 5.82 Å². The Morgan fingerprint density at radius 1 is 1.40 bits per heavy atom. The third kappa shape index (κ3) is 3.20. The highest BCUT2D eigenvalue weighted by Crippen LogP contribution is 2.33. The van der Waals surface area contributed by atoms with Crippen LogP contribution in [0.3, 0.4) is 0 Å². The van der Waals surface area contributed by atoms with Crippen molar-refractivity contribution in [1.82, 2.24) is 14.5 Å². The summed E-state index contributed by atoms with van der Waals surface area (Å²) in [5.74, 6) is 1.13. The summed E-state index contributed by atoms with van der Waals surface area (Å²) >= 11 is 1.57. The molecule has 2 aliphatic rings. The second-order valence-electron chi connectivity index (χ2n) is 6.64. The van der Waals surface area contributed by atoms with E-state index >= 15 is 0 Å². The second-order valence-corrected chi connectivity index (χ2v) is 7.62. The first-order chi connectivity index (χ1) is 12.1. The molecule has 25 heavy (non-hydrogen) atoms. The lowest BCUT2D eigenvalue weighted by atomic mass is 9.97. The van der Waals surface area contributed by atoms with E-state index in [0.29, 0.717) is 11.6 Å². The number of aromatic nitrogens is 3. The summed E-state index contributed by atoms with van der Waals surface area (Å²) in [4.78, 5) is 34.1. The molecule has 0 radical (unpaired) electrons. The van der Waals surface area contributed by atoms with Crippen molar-refractivity contribution in [2.24, 2.45) is 0 Å². The minimum absolute atomic E-state index is 0.0520. The van der Waals surface area contributed by atoms with E-state index < -0.39 is 0 Å². The number of fused-ring (bicyclic) bond motifs is 2. The topological polar surface area (TPSA) is 76.9 Å². The van der Waals surface area contributed by atoms with Crippen LogP contribution in [0.5, 0.6) is 0 Å². The van der Waals surface area contributed by atoms with Gasteiger partial charge in [0, 0.05) is 23.9 Å². The molecule has 1 N–H and O–H groups in total. The molecule has 3 heterocycles. The number of pyridine rings is 1. The minimum Gasteiger partial charge on any atom is -0.311 e. The van der Waals surface area contributed by atoms with Gasteiger partial charge in [-0.15, -0.1) is 0 Å². The molecule has 6 nitrogen and oxygen atoms in total. The molecule has 1 aliphatic heterocycles. The summed E-state index contributed by atoms with van der Waals surface area (Å²) < 4.78 is 1.73. The summed E-state index contributed by atoms with van der Waals surface area (Å²) in [6.45, 7) is 1.95. The zero-order valence-corrected chi connectivity index (χ0v) is 14.9. The number of aryl methyl sites for hydroxylation is 2. The number of amides is 1. The molecule has 0 bridgehead atoms. The zero-order valence-electron chi connectivity index (χ0n) is 14.1. The number of anilines is 1. The Labute approximate surface area is 150 Å². The molecule has 130 valence electrons. The van der Waals surface area contributed by atoms with E-state index in [-0.39, 0.29) is 23.9 Å². The molecule has 1 aliphatic carbocycles. The Morgan fingerprint density at radius 3 is 3.08 bits per heavy atom. The Balaban J connectivity index is 1.54. The van der Waals surface area contributed by atoms with Gasteiger partial charge in [-0.05, 0) is 50.3 Å².